The summed E-state index contributed by atoms with van der Waals surface area (Å²) in [7, 11) is 0. The maximum absolute atomic E-state index is 12.3. The van der Waals surface area contributed by atoms with Crippen molar-refractivity contribution in [2.75, 3.05) is 5.32 Å². The average molecular weight is 480 g/mol. The smallest absolute Gasteiger partial charge is 0.267 e. The maximum Gasteiger partial charge on any atom is 0.267 e. The molecular formula is C19H20BrClN6O2. The van der Waals surface area contributed by atoms with E-state index in [0.717, 1.165) is 17.5 Å². The lowest BCUT2D eigenvalue weighted by Gasteiger charge is -2.20. The van der Waals surface area contributed by atoms with Crippen molar-refractivity contribution in [1.82, 2.24) is 20.2 Å². The topological polar surface area (TPSA) is 118 Å². The van der Waals surface area contributed by atoms with Gasteiger partial charge < -0.3 is 10.4 Å². The summed E-state index contributed by atoms with van der Waals surface area (Å²) >= 11 is 9.56. The molecule has 1 amide bonds. The summed E-state index contributed by atoms with van der Waals surface area (Å²) in [6.45, 7) is 3.85. The minimum absolute atomic E-state index is 0.337. The number of pyridine rings is 1. The molecular weight excluding hydrogens is 460 g/mol. The second-order valence-corrected chi connectivity index (χ2v) is 7.54. The van der Waals surface area contributed by atoms with Crippen molar-refractivity contribution >= 4 is 39.1 Å². The summed E-state index contributed by atoms with van der Waals surface area (Å²) < 4.78 is 1.93. The summed E-state index contributed by atoms with van der Waals surface area (Å²) in [5, 5.41) is 18.6. The first-order valence-corrected chi connectivity index (χ1v) is 9.98. The standard InChI is InChI=1S/C19H20BrClN6O2/c1-3-11-7-10(2)16(12(8-11)18(28)25-22)24-19(29)14-9-15(20)26-27(14)17-13(21)5-4-6-23-17/h4-9,19,24,29H,3,22H2,1-2H3,(H,25,28). The Morgan fingerprint density at radius 3 is 2.83 bits per heavy atom. The number of anilines is 1. The summed E-state index contributed by atoms with van der Waals surface area (Å²) in [5.74, 6) is 5.25. The van der Waals surface area contributed by atoms with Crippen LogP contribution in [0, 0.1) is 6.92 Å². The van der Waals surface area contributed by atoms with E-state index in [1.807, 2.05) is 19.9 Å². The van der Waals surface area contributed by atoms with Crippen LogP contribution < -0.4 is 16.6 Å². The van der Waals surface area contributed by atoms with E-state index >= 15 is 0 Å². The van der Waals surface area contributed by atoms with Crippen molar-refractivity contribution in [3.05, 3.63) is 68.5 Å². The molecule has 1 atom stereocenters. The van der Waals surface area contributed by atoms with Crippen molar-refractivity contribution in [3.8, 4) is 5.82 Å². The molecule has 0 fully saturated rings. The number of nitrogens with zero attached hydrogens (tertiary/aromatic N) is 3. The highest BCUT2D eigenvalue weighted by molar-refractivity contribution is 9.10. The summed E-state index contributed by atoms with van der Waals surface area (Å²) in [6, 6.07) is 8.72. The molecule has 0 radical (unpaired) electrons. The van der Waals surface area contributed by atoms with Crippen molar-refractivity contribution in [2.24, 2.45) is 5.84 Å². The van der Waals surface area contributed by atoms with Gasteiger partial charge in [-0.2, -0.15) is 5.10 Å². The molecule has 152 valence electrons. The van der Waals surface area contributed by atoms with Crippen LogP contribution in [-0.4, -0.2) is 25.8 Å². The number of nitrogens with two attached hydrogens (primary N) is 1. The fraction of sp³-hybridized carbons (Fsp3) is 0.211. The van der Waals surface area contributed by atoms with Crippen LogP contribution in [0.5, 0.6) is 0 Å². The monoisotopic (exact) mass is 478 g/mol. The SMILES string of the molecule is CCc1cc(C)c(NC(O)c2cc(Br)nn2-c2ncccc2Cl)c(C(=O)NN)c1. The summed E-state index contributed by atoms with van der Waals surface area (Å²) in [5.41, 5.74) is 5.11. The molecule has 0 saturated heterocycles. The zero-order valence-electron chi connectivity index (χ0n) is 15.8. The third-order valence-corrected chi connectivity index (χ3v) is 5.07. The molecule has 2 heterocycles. The minimum Gasteiger partial charge on any atom is -0.368 e. The van der Waals surface area contributed by atoms with Gasteiger partial charge in [-0.1, -0.05) is 24.6 Å². The van der Waals surface area contributed by atoms with Crippen LogP contribution >= 0.6 is 27.5 Å². The molecule has 29 heavy (non-hydrogen) atoms. The molecule has 2 aromatic heterocycles. The molecule has 0 saturated carbocycles. The Labute approximate surface area is 181 Å². The fourth-order valence-corrected chi connectivity index (χ4v) is 3.58. The zero-order valence-corrected chi connectivity index (χ0v) is 18.1. The molecule has 1 unspecified atom stereocenters. The Morgan fingerprint density at radius 1 is 1.41 bits per heavy atom. The third kappa shape index (κ3) is 4.43. The Kier molecular flexibility index (Phi) is 6.53. The number of hydrogen-bond acceptors (Lipinski definition) is 6. The van der Waals surface area contributed by atoms with Crippen molar-refractivity contribution in [1.29, 1.82) is 0 Å². The third-order valence-electron chi connectivity index (χ3n) is 4.39. The molecule has 0 aliphatic carbocycles. The van der Waals surface area contributed by atoms with E-state index in [9.17, 15) is 9.90 Å². The number of aliphatic hydroxyl groups is 1. The Morgan fingerprint density at radius 2 is 2.17 bits per heavy atom. The molecule has 5 N–H and O–H groups in total. The number of hydrogen-bond donors (Lipinski definition) is 4. The second-order valence-electron chi connectivity index (χ2n) is 6.32. The number of benzene rings is 1. The first-order valence-electron chi connectivity index (χ1n) is 8.81. The number of aliphatic hydroxyl groups excluding tert-OH is 1. The van der Waals surface area contributed by atoms with Crippen molar-refractivity contribution < 1.29 is 9.90 Å². The Bertz CT molecular complexity index is 1060. The first-order chi connectivity index (χ1) is 13.8. The van der Waals surface area contributed by atoms with Crippen LogP contribution in [0.3, 0.4) is 0 Å². The molecule has 3 aromatic rings. The quantitative estimate of drug-likeness (QED) is 0.186. The summed E-state index contributed by atoms with van der Waals surface area (Å²) in [4.78, 5) is 16.5. The van der Waals surface area contributed by atoms with Gasteiger partial charge in [0.1, 0.15) is 4.60 Å². The molecule has 3 rings (SSSR count). The van der Waals surface area contributed by atoms with E-state index < -0.39 is 12.1 Å². The van der Waals surface area contributed by atoms with Crippen LogP contribution in [-0.2, 0) is 6.42 Å². The van der Waals surface area contributed by atoms with Crippen molar-refractivity contribution in [3.63, 3.8) is 0 Å². The van der Waals surface area contributed by atoms with Gasteiger partial charge >= 0.3 is 0 Å². The fourth-order valence-electron chi connectivity index (χ4n) is 2.99. The normalized spacial score (nSPS) is 11.9. The number of carbonyl (C=O) groups is 1. The van der Waals surface area contributed by atoms with Gasteiger partial charge in [0.2, 0.25) is 0 Å². The van der Waals surface area contributed by atoms with Crippen molar-refractivity contribution in [2.45, 2.75) is 26.5 Å². The molecule has 8 nitrogen and oxygen atoms in total. The number of carbonyl (C=O) groups excluding carboxylic acids is 1. The maximum atomic E-state index is 12.3. The lowest BCUT2D eigenvalue weighted by atomic mass is 10.0. The minimum atomic E-state index is -1.21. The van der Waals surface area contributed by atoms with E-state index in [0.29, 0.717) is 32.4 Å². The van der Waals surface area contributed by atoms with Gasteiger partial charge in [0.25, 0.3) is 5.91 Å². The second kappa shape index (κ2) is 8.91. The van der Waals surface area contributed by atoms with Crippen LogP contribution in [0.4, 0.5) is 5.69 Å². The highest BCUT2D eigenvalue weighted by atomic mass is 79.9. The van der Waals surface area contributed by atoms with Crippen LogP contribution in [0.1, 0.15) is 40.3 Å². The largest absolute Gasteiger partial charge is 0.368 e. The lowest BCUT2D eigenvalue weighted by Crippen LogP contribution is -2.31. The number of aryl methyl sites for hydroxylation is 2. The van der Waals surface area contributed by atoms with E-state index in [4.69, 9.17) is 17.4 Å². The van der Waals surface area contributed by atoms with Gasteiger partial charge in [-0.05, 0) is 64.7 Å². The molecule has 1 aromatic carbocycles. The molecule has 0 aliphatic heterocycles. The van der Waals surface area contributed by atoms with Crippen LogP contribution in [0.25, 0.3) is 5.82 Å². The van der Waals surface area contributed by atoms with Gasteiger partial charge in [0.05, 0.1) is 22.0 Å². The zero-order chi connectivity index (χ0) is 21.1. The summed E-state index contributed by atoms with van der Waals surface area (Å²) in [6.07, 6.45) is 1.13. The predicted octanol–water partition coefficient (Wildman–Crippen LogP) is 3.26. The van der Waals surface area contributed by atoms with Gasteiger partial charge in [0.15, 0.2) is 12.0 Å². The van der Waals surface area contributed by atoms with E-state index in [1.54, 1.807) is 30.5 Å². The number of amides is 1. The number of nitrogen functional groups attached to an aromatic ring is 1. The van der Waals surface area contributed by atoms with E-state index in [1.165, 1.54) is 4.68 Å². The van der Waals surface area contributed by atoms with E-state index in [2.05, 4.69) is 36.8 Å². The highest BCUT2D eigenvalue weighted by Crippen LogP contribution is 2.29. The predicted molar refractivity (Wildman–Crippen MR) is 115 cm³/mol. The molecule has 10 heteroatoms. The number of aromatic nitrogens is 3. The van der Waals surface area contributed by atoms with Crippen LogP contribution in [0.15, 0.2) is 41.1 Å². The van der Waals surface area contributed by atoms with Gasteiger partial charge in [0, 0.05) is 6.20 Å². The number of halogens is 2. The Balaban J connectivity index is 2.03. The lowest BCUT2D eigenvalue weighted by molar-refractivity contribution is 0.0954. The highest BCUT2D eigenvalue weighted by Gasteiger charge is 2.22. The van der Waals surface area contributed by atoms with Crippen LogP contribution in [0.2, 0.25) is 5.02 Å². The average Bonchev–Trinajstić information content (AvgIpc) is 3.10. The Hall–Kier alpha value is -2.46. The van der Waals surface area contributed by atoms with Gasteiger partial charge in [-0.3, -0.25) is 10.2 Å². The first kappa shape index (κ1) is 21.3. The molecule has 0 bridgehead atoms. The number of nitrogens with one attached hydrogen (secondary N) is 2. The van der Waals surface area contributed by atoms with Gasteiger partial charge in [-0.25, -0.2) is 15.5 Å². The number of hydrazine groups is 1. The number of rotatable bonds is 6. The molecule has 0 aliphatic rings. The van der Waals surface area contributed by atoms with E-state index in [-0.39, 0.29) is 0 Å². The van der Waals surface area contributed by atoms with Gasteiger partial charge in [-0.15, -0.1) is 0 Å². The molecule has 0 spiro atoms.